The Morgan fingerprint density at radius 2 is 1.94 bits per heavy atom. The van der Waals surface area contributed by atoms with Gasteiger partial charge < -0.3 is 9.32 Å². The fraction of sp³-hybridized carbons (Fsp3) is 0.455. The number of carbonyl (C=O) groups excluding carboxylic acids is 1. The van der Waals surface area contributed by atoms with Crippen molar-refractivity contribution in [2.75, 3.05) is 26.2 Å². The van der Waals surface area contributed by atoms with Gasteiger partial charge in [-0.25, -0.2) is 4.39 Å². The summed E-state index contributed by atoms with van der Waals surface area (Å²) in [6.07, 6.45) is 0.724. The van der Waals surface area contributed by atoms with Crippen LogP contribution in [0.2, 0.25) is 0 Å². The van der Waals surface area contributed by atoms with E-state index in [2.05, 4.69) is 20.2 Å². The van der Waals surface area contributed by atoms with E-state index in [0.29, 0.717) is 56.4 Å². The maximum absolute atomic E-state index is 13.8. The largest absolute Gasteiger partial charge is 0.419 e. The van der Waals surface area contributed by atoms with Crippen molar-refractivity contribution in [3.05, 3.63) is 53.3 Å². The first kappa shape index (κ1) is 21.2. The molecular formula is C22H27FN6O2. The van der Waals surface area contributed by atoms with Gasteiger partial charge in [-0.3, -0.25) is 14.4 Å². The molecule has 1 aliphatic rings. The Hall–Kier alpha value is -3.07. The number of halogens is 1. The summed E-state index contributed by atoms with van der Waals surface area (Å²) in [5, 5.41) is 12.6. The number of aryl methyl sites for hydroxylation is 3. The third-order valence-electron chi connectivity index (χ3n) is 5.52. The predicted octanol–water partition coefficient (Wildman–Crippen LogP) is 2.68. The van der Waals surface area contributed by atoms with Crippen molar-refractivity contribution in [1.29, 1.82) is 0 Å². The minimum atomic E-state index is -0.183. The Balaban J connectivity index is 1.26. The minimum Gasteiger partial charge on any atom is -0.419 e. The molecule has 4 rings (SSSR count). The highest BCUT2D eigenvalue weighted by atomic mass is 19.1. The van der Waals surface area contributed by atoms with E-state index < -0.39 is 0 Å². The van der Waals surface area contributed by atoms with Gasteiger partial charge in [0.15, 0.2) is 0 Å². The summed E-state index contributed by atoms with van der Waals surface area (Å²) in [7, 11) is 0. The van der Waals surface area contributed by atoms with Crippen molar-refractivity contribution < 1.29 is 13.6 Å². The molecule has 0 saturated carbocycles. The summed E-state index contributed by atoms with van der Waals surface area (Å²) in [5.41, 5.74) is 2.37. The average Bonchev–Trinajstić information content (AvgIpc) is 3.40. The molecule has 0 atom stereocenters. The summed E-state index contributed by atoms with van der Waals surface area (Å²) in [6.45, 7) is 7.92. The van der Waals surface area contributed by atoms with Gasteiger partial charge in [-0.1, -0.05) is 18.2 Å². The first-order valence-corrected chi connectivity index (χ1v) is 10.6. The van der Waals surface area contributed by atoms with Crippen LogP contribution in [0.4, 0.5) is 4.39 Å². The molecule has 0 N–H and O–H groups in total. The van der Waals surface area contributed by atoms with Crippen LogP contribution in [0.15, 0.2) is 34.7 Å². The van der Waals surface area contributed by atoms with Crippen LogP contribution in [0.1, 0.15) is 30.5 Å². The van der Waals surface area contributed by atoms with Crippen molar-refractivity contribution in [2.24, 2.45) is 0 Å². The first-order chi connectivity index (χ1) is 15.0. The van der Waals surface area contributed by atoms with E-state index in [1.807, 2.05) is 35.6 Å². The number of benzene rings is 1. The van der Waals surface area contributed by atoms with Gasteiger partial charge in [0.1, 0.15) is 11.5 Å². The van der Waals surface area contributed by atoms with Gasteiger partial charge in [0, 0.05) is 57.7 Å². The smallest absolute Gasteiger partial charge is 0.265 e. The number of nitrogens with zero attached hydrogens (tertiary/aromatic N) is 6. The maximum atomic E-state index is 13.8. The lowest BCUT2D eigenvalue weighted by molar-refractivity contribution is -0.133. The topological polar surface area (TPSA) is 80.3 Å². The lowest BCUT2D eigenvalue weighted by Crippen LogP contribution is -2.48. The SMILES string of the molecule is CCn1nc(C)cc1-c1nnc(CCC(=O)N2CCN(Cc3ccccc3F)CC2)o1. The van der Waals surface area contributed by atoms with Crippen molar-refractivity contribution >= 4 is 5.91 Å². The van der Waals surface area contributed by atoms with Crippen molar-refractivity contribution in [2.45, 2.75) is 39.8 Å². The average molecular weight is 426 g/mol. The third-order valence-corrected chi connectivity index (χ3v) is 5.52. The fourth-order valence-corrected chi connectivity index (χ4v) is 3.81. The third kappa shape index (κ3) is 4.99. The van der Waals surface area contributed by atoms with Crippen LogP contribution in [-0.2, 0) is 24.3 Å². The summed E-state index contributed by atoms with van der Waals surface area (Å²) in [6, 6.07) is 8.74. The molecule has 0 spiro atoms. The van der Waals surface area contributed by atoms with E-state index in [1.54, 1.807) is 12.1 Å². The molecule has 0 bridgehead atoms. The van der Waals surface area contributed by atoms with Gasteiger partial charge in [-0.05, 0) is 26.0 Å². The van der Waals surface area contributed by atoms with Crippen LogP contribution in [0, 0.1) is 12.7 Å². The van der Waals surface area contributed by atoms with Crippen LogP contribution < -0.4 is 0 Å². The number of aromatic nitrogens is 4. The van der Waals surface area contributed by atoms with E-state index in [4.69, 9.17) is 4.42 Å². The molecule has 1 amide bonds. The summed E-state index contributed by atoms with van der Waals surface area (Å²) >= 11 is 0. The molecule has 31 heavy (non-hydrogen) atoms. The molecule has 0 radical (unpaired) electrons. The minimum absolute atomic E-state index is 0.0692. The van der Waals surface area contributed by atoms with Gasteiger partial charge in [-0.15, -0.1) is 10.2 Å². The Bertz CT molecular complexity index is 1040. The van der Waals surface area contributed by atoms with Crippen molar-refractivity contribution in [1.82, 2.24) is 29.8 Å². The standard InChI is InChI=1S/C22H27FN6O2/c1-3-29-19(14-16(2)26-29)22-25-24-20(31-22)8-9-21(30)28-12-10-27(11-13-28)15-17-6-4-5-7-18(17)23/h4-7,14H,3,8-13,15H2,1-2H3. The van der Waals surface area contributed by atoms with Gasteiger partial charge in [0.05, 0.1) is 5.69 Å². The highest BCUT2D eigenvalue weighted by Gasteiger charge is 2.22. The van der Waals surface area contributed by atoms with Crippen LogP contribution in [-0.4, -0.2) is 61.9 Å². The Labute approximate surface area is 180 Å². The zero-order valence-corrected chi connectivity index (χ0v) is 17.9. The highest BCUT2D eigenvalue weighted by Crippen LogP contribution is 2.20. The van der Waals surface area contributed by atoms with Gasteiger partial charge in [-0.2, -0.15) is 5.10 Å². The summed E-state index contributed by atoms with van der Waals surface area (Å²) < 4.78 is 21.4. The molecule has 164 valence electrons. The van der Waals surface area contributed by atoms with Crippen LogP contribution in [0.3, 0.4) is 0 Å². The molecule has 1 aromatic carbocycles. The maximum Gasteiger partial charge on any atom is 0.265 e. The zero-order valence-electron chi connectivity index (χ0n) is 17.9. The number of amides is 1. The summed E-state index contributed by atoms with van der Waals surface area (Å²) in [4.78, 5) is 16.6. The van der Waals surface area contributed by atoms with Crippen molar-refractivity contribution in [3.8, 4) is 11.6 Å². The lowest BCUT2D eigenvalue weighted by Gasteiger charge is -2.34. The van der Waals surface area contributed by atoms with Gasteiger partial charge >= 0.3 is 0 Å². The number of hydrogen-bond donors (Lipinski definition) is 0. The normalized spacial score (nSPS) is 14.9. The highest BCUT2D eigenvalue weighted by molar-refractivity contribution is 5.76. The van der Waals surface area contributed by atoms with Crippen LogP contribution >= 0.6 is 0 Å². The van der Waals surface area contributed by atoms with Crippen molar-refractivity contribution in [3.63, 3.8) is 0 Å². The summed E-state index contributed by atoms with van der Waals surface area (Å²) in [5.74, 6) is 0.756. The molecule has 1 saturated heterocycles. The monoisotopic (exact) mass is 426 g/mol. The van der Waals surface area contributed by atoms with E-state index in [9.17, 15) is 9.18 Å². The molecule has 8 nitrogen and oxygen atoms in total. The molecule has 0 aliphatic carbocycles. The van der Waals surface area contributed by atoms with Gasteiger partial charge in [0.2, 0.25) is 11.8 Å². The number of piperazine rings is 1. The Morgan fingerprint density at radius 1 is 1.16 bits per heavy atom. The van der Waals surface area contributed by atoms with E-state index >= 15 is 0 Å². The quantitative estimate of drug-likeness (QED) is 0.578. The fourth-order valence-electron chi connectivity index (χ4n) is 3.81. The van der Waals surface area contributed by atoms with E-state index in [0.717, 1.165) is 24.5 Å². The molecule has 0 unspecified atom stereocenters. The number of hydrogen-bond acceptors (Lipinski definition) is 6. The zero-order chi connectivity index (χ0) is 21.8. The van der Waals surface area contributed by atoms with E-state index in [1.165, 1.54) is 6.07 Å². The second kappa shape index (κ2) is 9.38. The molecular weight excluding hydrogens is 399 g/mol. The Morgan fingerprint density at radius 3 is 2.68 bits per heavy atom. The second-order valence-corrected chi connectivity index (χ2v) is 7.74. The Kier molecular flexibility index (Phi) is 6.41. The van der Waals surface area contributed by atoms with Crippen LogP contribution in [0.5, 0.6) is 0 Å². The molecule has 2 aromatic heterocycles. The molecule has 3 aromatic rings. The van der Waals surface area contributed by atoms with Gasteiger partial charge in [0.25, 0.3) is 5.89 Å². The van der Waals surface area contributed by atoms with E-state index in [-0.39, 0.29) is 11.7 Å². The molecule has 3 heterocycles. The molecule has 9 heteroatoms. The lowest BCUT2D eigenvalue weighted by atomic mass is 10.1. The molecule has 1 aliphatic heterocycles. The second-order valence-electron chi connectivity index (χ2n) is 7.74. The first-order valence-electron chi connectivity index (χ1n) is 10.6. The predicted molar refractivity (Wildman–Crippen MR) is 113 cm³/mol. The number of carbonyl (C=O) groups is 1. The number of rotatable bonds is 7. The van der Waals surface area contributed by atoms with Crippen LogP contribution in [0.25, 0.3) is 11.6 Å². The molecule has 1 fully saturated rings.